The van der Waals surface area contributed by atoms with Gasteiger partial charge in [-0.2, -0.15) is 0 Å². The maximum Gasteiger partial charge on any atom is 0.161 e. The molecule has 0 bridgehead atoms. The van der Waals surface area contributed by atoms with E-state index in [1.807, 2.05) is 18.2 Å². The Labute approximate surface area is 126 Å². The van der Waals surface area contributed by atoms with Gasteiger partial charge in [0.25, 0.3) is 0 Å². The zero-order valence-electron chi connectivity index (χ0n) is 13.1. The molecule has 21 heavy (non-hydrogen) atoms. The molecule has 3 heteroatoms. The molecule has 0 aliphatic carbocycles. The molecule has 2 N–H and O–H groups in total. The first kappa shape index (κ1) is 15.4. The van der Waals surface area contributed by atoms with Gasteiger partial charge >= 0.3 is 0 Å². The van der Waals surface area contributed by atoms with E-state index in [0.717, 1.165) is 17.7 Å². The molecule has 0 aliphatic rings. The SMILES string of the molecule is COc1ccc(C(N)Cc2ccc(C)c(C)c2)cc1OC. The first-order chi connectivity index (χ1) is 10.0. The summed E-state index contributed by atoms with van der Waals surface area (Å²) >= 11 is 0. The molecule has 0 radical (unpaired) electrons. The molecule has 0 spiro atoms. The van der Waals surface area contributed by atoms with Crippen LogP contribution in [-0.4, -0.2) is 14.2 Å². The minimum Gasteiger partial charge on any atom is -0.493 e. The maximum absolute atomic E-state index is 6.33. The highest BCUT2D eigenvalue weighted by atomic mass is 16.5. The van der Waals surface area contributed by atoms with E-state index in [0.29, 0.717) is 5.75 Å². The van der Waals surface area contributed by atoms with Crippen molar-refractivity contribution in [1.82, 2.24) is 0 Å². The summed E-state index contributed by atoms with van der Waals surface area (Å²) in [5, 5.41) is 0. The van der Waals surface area contributed by atoms with Gasteiger partial charge in [-0.3, -0.25) is 0 Å². The molecule has 112 valence electrons. The summed E-state index contributed by atoms with van der Waals surface area (Å²) in [5.41, 5.74) is 11.2. The van der Waals surface area contributed by atoms with Gasteiger partial charge in [0.2, 0.25) is 0 Å². The molecule has 0 aromatic heterocycles. The van der Waals surface area contributed by atoms with Crippen molar-refractivity contribution in [2.75, 3.05) is 14.2 Å². The lowest BCUT2D eigenvalue weighted by molar-refractivity contribution is 0.354. The zero-order chi connectivity index (χ0) is 15.4. The Bertz CT molecular complexity index is 623. The van der Waals surface area contributed by atoms with Gasteiger partial charge < -0.3 is 15.2 Å². The first-order valence-electron chi connectivity index (χ1n) is 7.08. The van der Waals surface area contributed by atoms with Crippen LogP contribution in [0.15, 0.2) is 36.4 Å². The van der Waals surface area contributed by atoms with Crippen molar-refractivity contribution in [2.24, 2.45) is 5.73 Å². The quantitative estimate of drug-likeness (QED) is 0.913. The predicted molar refractivity (Wildman–Crippen MR) is 86.1 cm³/mol. The fraction of sp³-hybridized carbons (Fsp3) is 0.333. The summed E-state index contributed by atoms with van der Waals surface area (Å²) in [6.45, 7) is 4.24. The van der Waals surface area contributed by atoms with Crippen LogP contribution < -0.4 is 15.2 Å². The summed E-state index contributed by atoms with van der Waals surface area (Å²) in [7, 11) is 3.27. The number of benzene rings is 2. The third kappa shape index (κ3) is 3.56. The summed E-state index contributed by atoms with van der Waals surface area (Å²) in [5.74, 6) is 1.44. The molecule has 1 unspecified atom stereocenters. The molecule has 0 saturated carbocycles. The Morgan fingerprint density at radius 3 is 2.24 bits per heavy atom. The Morgan fingerprint density at radius 1 is 0.905 bits per heavy atom. The Kier molecular flexibility index (Phi) is 4.86. The van der Waals surface area contributed by atoms with Crippen LogP contribution in [0.3, 0.4) is 0 Å². The van der Waals surface area contributed by atoms with E-state index in [1.54, 1.807) is 14.2 Å². The van der Waals surface area contributed by atoms with E-state index in [-0.39, 0.29) is 6.04 Å². The van der Waals surface area contributed by atoms with Crippen molar-refractivity contribution in [1.29, 1.82) is 0 Å². The average molecular weight is 285 g/mol. The molecule has 3 nitrogen and oxygen atoms in total. The van der Waals surface area contributed by atoms with E-state index in [1.165, 1.54) is 16.7 Å². The standard InChI is InChI=1S/C18H23NO2/c1-12-5-6-14(9-13(12)2)10-16(19)15-7-8-17(20-3)18(11-15)21-4/h5-9,11,16H,10,19H2,1-4H3. The first-order valence-corrected chi connectivity index (χ1v) is 7.08. The smallest absolute Gasteiger partial charge is 0.161 e. The second-order valence-electron chi connectivity index (χ2n) is 5.34. The van der Waals surface area contributed by atoms with Crippen LogP contribution in [0.1, 0.15) is 28.3 Å². The van der Waals surface area contributed by atoms with E-state index in [4.69, 9.17) is 15.2 Å². The van der Waals surface area contributed by atoms with Gasteiger partial charge in [-0.05, 0) is 54.7 Å². The third-order valence-corrected chi connectivity index (χ3v) is 3.86. The van der Waals surface area contributed by atoms with Crippen molar-refractivity contribution < 1.29 is 9.47 Å². The van der Waals surface area contributed by atoms with Gasteiger partial charge in [-0.1, -0.05) is 24.3 Å². The summed E-state index contributed by atoms with van der Waals surface area (Å²) in [4.78, 5) is 0. The fourth-order valence-corrected chi connectivity index (χ4v) is 2.39. The molecule has 0 saturated heterocycles. The molecule has 0 aliphatic heterocycles. The van der Waals surface area contributed by atoms with Crippen LogP contribution in [-0.2, 0) is 6.42 Å². The molecule has 2 rings (SSSR count). The normalized spacial score (nSPS) is 12.0. The number of nitrogens with two attached hydrogens (primary N) is 1. The van der Waals surface area contributed by atoms with Crippen LogP contribution in [0.25, 0.3) is 0 Å². The van der Waals surface area contributed by atoms with E-state index >= 15 is 0 Å². The minimum absolute atomic E-state index is 0.0630. The van der Waals surface area contributed by atoms with Gasteiger partial charge in [0.1, 0.15) is 0 Å². The van der Waals surface area contributed by atoms with Crippen molar-refractivity contribution in [3.63, 3.8) is 0 Å². The lowest BCUT2D eigenvalue weighted by Crippen LogP contribution is -2.13. The Morgan fingerprint density at radius 2 is 1.62 bits per heavy atom. The molecule has 0 heterocycles. The largest absolute Gasteiger partial charge is 0.493 e. The second-order valence-corrected chi connectivity index (χ2v) is 5.34. The van der Waals surface area contributed by atoms with E-state index in [9.17, 15) is 0 Å². The lowest BCUT2D eigenvalue weighted by Gasteiger charge is -2.15. The molecule has 1 atom stereocenters. The van der Waals surface area contributed by atoms with Crippen molar-refractivity contribution in [3.05, 3.63) is 58.7 Å². The third-order valence-electron chi connectivity index (χ3n) is 3.86. The van der Waals surface area contributed by atoms with Crippen molar-refractivity contribution >= 4 is 0 Å². The van der Waals surface area contributed by atoms with Crippen LogP contribution >= 0.6 is 0 Å². The predicted octanol–water partition coefficient (Wildman–Crippen LogP) is 3.56. The van der Waals surface area contributed by atoms with Gasteiger partial charge in [-0.25, -0.2) is 0 Å². The molecular weight excluding hydrogens is 262 g/mol. The zero-order valence-corrected chi connectivity index (χ0v) is 13.1. The molecule has 0 fully saturated rings. The molecule has 2 aromatic carbocycles. The average Bonchev–Trinajstić information content (AvgIpc) is 2.50. The minimum atomic E-state index is -0.0630. The van der Waals surface area contributed by atoms with E-state index < -0.39 is 0 Å². The van der Waals surface area contributed by atoms with Crippen molar-refractivity contribution in [3.8, 4) is 11.5 Å². The number of ether oxygens (including phenoxy) is 2. The maximum atomic E-state index is 6.33. The number of hydrogen-bond donors (Lipinski definition) is 1. The topological polar surface area (TPSA) is 44.5 Å². The summed E-state index contributed by atoms with van der Waals surface area (Å²) < 4.78 is 10.6. The highest BCUT2D eigenvalue weighted by Crippen LogP contribution is 2.30. The number of aryl methyl sites for hydroxylation is 2. The van der Waals surface area contributed by atoms with Gasteiger partial charge in [0, 0.05) is 6.04 Å². The fourth-order valence-electron chi connectivity index (χ4n) is 2.39. The number of hydrogen-bond acceptors (Lipinski definition) is 3. The summed E-state index contributed by atoms with van der Waals surface area (Å²) in [6, 6.07) is 12.3. The molecule has 2 aromatic rings. The van der Waals surface area contributed by atoms with Crippen LogP contribution in [0, 0.1) is 13.8 Å². The van der Waals surface area contributed by atoms with Gasteiger partial charge in [0.05, 0.1) is 14.2 Å². The van der Waals surface area contributed by atoms with Crippen molar-refractivity contribution in [2.45, 2.75) is 26.3 Å². The van der Waals surface area contributed by atoms with E-state index in [2.05, 4.69) is 32.0 Å². The lowest BCUT2D eigenvalue weighted by atomic mass is 9.97. The highest BCUT2D eigenvalue weighted by Gasteiger charge is 2.11. The summed E-state index contributed by atoms with van der Waals surface area (Å²) in [6.07, 6.45) is 0.802. The molecular formula is C18H23NO2. The Hall–Kier alpha value is -2.00. The molecule has 0 amide bonds. The number of methoxy groups -OCH3 is 2. The van der Waals surface area contributed by atoms with Gasteiger partial charge in [-0.15, -0.1) is 0 Å². The second kappa shape index (κ2) is 6.64. The van der Waals surface area contributed by atoms with Gasteiger partial charge in [0.15, 0.2) is 11.5 Å². The highest BCUT2D eigenvalue weighted by molar-refractivity contribution is 5.44. The van der Waals surface area contributed by atoms with Crippen LogP contribution in [0.5, 0.6) is 11.5 Å². The number of rotatable bonds is 5. The van der Waals surface area contributed by atoms with Crippen LogP contribution in [0.2, 0.25) is 0 Å². The van der Waals surface area contributed by atoms with Crippen LogP contribution in [0.4, 0.5) is 0 Å². The monoisotopic (exact) mass is 285 g/mol. The Balaban J connectivity index is 2.19.